The second kappa shape index (κ2) is 6.92. The van der Waals surface area contributed by atoms with Crippen molar-refractivity contribution in [3.05, 3.63) is 28.3 Å². The van der Waals surface area contributed by atoms with Gasteiger partial charge in [-0.05, 0) is 18.9 Å². The standard InChI is InChI=1S/C14H20N4O3/c1-15-11-8-12(10-13(9-11)18(20)21)16-5-4-14(19)17-6-2-3-7-17/h8-10,15-16H,2-7H2,1H3. The number of hydrogen-bond acceptors (Lipinski definition) is 5. The van der Waals surface area contributed by atoms with E-state index in [1.807, 2.05) is 4.90 Å². The average Bonchev–Trinajstić information content (AvgIpc) is 3.01. The van der Waals surface area contributed by atoms with Crippen molar-refractivity contribution in [1.29, 1.82) is 0 Å². The molecule has 0 saturated carbocycles. The first-order chi connectivity index (χ1) is 10.1. The molecule has 1 amide bonds. The van der Waals surface area contributed by atoms with Gasteiger partial charge in [-0.25, -0.2) is 0 Å². The summed E-state index contributed by atoms with van der Waals surface area (Å²) < 4.78 is 0. The third kappa shape index (κ3) is 4.08. The zero-order valence-corrected chi connectivity index (χ0v) is 12.1. The van der Waals surface area contributed by atoms with E-state index in [9.17, 15) is 14.9 Å². The molecule has 7 nitrogen and oxygen atoms in total. The van der Waals surface area contributed by atoms with E-state index in [0.717, 1.165) is 25.9 Å². The highest BCUT2D eigenvalue weighted by Gasteiger charge is 2.17. The van der Waals surface area contributed by atoms with Crippen LogP contribution in [0.4, 0.5) is 17.1 Å². The maximum absolute atomic E-state index is 11.9. The zero-order valence-electron chi connectivity index (χ0n) is 12.1. The minimum atomic E-state index is -0.429. The van der Waals surface area contributed by atoms with Crippen LogP contribution >= 0.6 is 0 Å². The lowest BCUT2D eigenvalue weighted by molar-refractivity contribution is -0.384. The number of amides is 1. The van der Waals surface area contributed by atoms with Crippen LogP contribution in [0.3, 0.4) is 0 Å². The molecule has 0 aliphatic carbocycles. The molecule has 1 aliphatic heterocycles. The van der Waals surface area contributed by atoms with Crippen LogP contribution in [0.2, 0.25) is 0 Å². The fraction of sp³-hybridized carbons (Fsp3) is 0.500. The molecule has 0 atom stereocenters. The van der Waals surface area contributed by atoms with E-state index in [2.05, 4.69) is 10.6 Å². The number of hydrogen-bond donors (Lipinski definition) is 2. The molecule has 0 radical (unpaired) electrons. The Hall–Kier alpha value is -2.31. The van der Waals surface area contributed by atoms with Gasteiger partial charge in [0.1, 0.15) is 0 Å². The molecule has 1 fully saturated rings. The normalized spacial score (nSPS) is 14.0. The molecule has 0 aromatic heterocycles. The van der Waals surface area contributed by atoms with Gasteiger partial charge in [0.25, 0.3) is 5.69 Å². The first kappa shape index (κ1) is 15.1. The average molecular weight is 292 g/mol. The fourth-order valence-electron chi connectivity index (χ4n) is 2.40. The molecule has 0 spiro atoms. The highest BCUT2D eigenvalue weighted by molar-refractivity contribution is 5.77. The molecule has 21 heavy (non-hydrogen) atoms. The van der Waals surface area contributed by atoms with Crippen LogP contribution in [-0.2, 0) is 4.79 Å². The molecule has 114 valence electrons. The number of rotatable bonds is 6. The number of likely N-dealkylation sites (tertiary alicyclic amines) is 1. The van der Waals surface area contributed by atoms with Gasteiger partial charge in [-0.3, -0.25) is 14.9 Å². The van der Waals surface area contributed by atoms with Gasteiger partial charge in [-0.1, -0.05) is 0 Å². The lowest BCUT2D eigenvalue weighted by Gasteiger charge is -2.15. The van der Waals surface area contributed by atoms with Crippen LogP contribution in [0.25, 0.3) is 0 Å². The van der Waals surface area contributed by atoms with Gasteiger partial charge in [0.15, 0.2) is 0 Å². The van der Waals surface area contributed by atoms with Gasteiger partial charge in [0.05, 0.1) is 4.92 Å². The van der Waals surface area contributed by atoms with Gasteiger partial charge in [0.2, 0.25) is 5.91 Å². The summed E-state index contributed by atoms with van der Waals surface area (Å²) in [5.41, 5.74) is 1.33. The SMILES string of the molecule is CNc1cc(NCCC(=O)N2CCCC2)cc([N+](=O)[O-])c1. The summed E-state index contributed by atoms with van der Waals surface area (Å²) in [6.07, 6.45) is 2.56. The van der Waals surface area contributed by atoms with Gasteiger partial charge in [-0.2, -0.15) is 0 Å². The van der Waals surface area contributed by atoms with Crippen LogP contribution in [0.15, 0.2) is 18.2 Å². The zero-order chi connectivity index (χ0) is 15.2. The molecule has 1 aromatic carbocycles. The van der Waals surface area contributed by atoms with Crippen molar-refractivity contribution >= 4 is 23.0 Å². The molecule has 2 N–H and O–H groups in total. The largest absolute Gasteiger partial charge is 0.388 e. The van der Waals surface area contributed by atoms with Crippen molar-refractivity contribution in [2.75, 3.05) is 37.3 Å². The Balaban J connectivity index is 1.91. The number of nitro benzene ring substituents is 1. The van der Waals surface area contributed by atoms with E-state index in [1.165, 1.54) is 12.1 Å². The summed E-state index contributed by atoms with van der Waals surface area (Å²) in [6.45, 7) is 2.17. The van der Waals surface area contributed by atoms with E-state index >= 15 is 0 Å². The van der Waals surface area contributed by atoms with Crippen LogP contribution in [0.1, 0.15) is 19.3 Å². The molecule has 7 heteroatoms. The number of anilines is 2. The Kier molecular flexibility index (Phi) is 4.97. The van der Waals surface area contributed by atoms with E-state index in [0.29, 0.717) is 24.3 Å². The fourth-order valence-corrected chi connectivity index (χ4v) is 2.40. The van der Waals surface area contributed by atoms with Crippen molar-refractivity contribution in [1.82, 2.24) is 4.90 Å². The lowest BCUT2D eigenvalue weighted by atomic mass is 10.2. The predicted molar refractivity (Wildman–Crippen MR) is 81.6 cm³/mol. The number of nitrogens with zero attached hydrogens (tertiary/aromatic N) is 2. The number of carbonyl (C=O) groups excluding carboxylic acids is 1. The topological polar surface area (TPSA) is 87.5 Å². The van der Waals surface area contributed by atoms with Crippen molar-refractivity contribution in [2.45, 2.75) is 19.3 Å². The van der Waals surface area contributed by atoms with Gasteiger partial charge in [0, 0.05) is 56.6 Å². The Bertz CT molecular complexity index is 527. The maximum Gasteiger partial charge on any atom is 0.273 e. The van der Waals surface area contributed by atoms with E-state index < -0.39 is 4.92 Å². The first-order valence-electron chi connectivity index (χ1n) is 7.09. The van der Waals surface area contributed by atoms with Crippen molar-refractivity contribution in [2.24, 2.45) is 0 Å². The van der Waals surface area contributed by atoms with Crippen molar-refractivity contribution in [3.8, 4) is 0 Å². The molecule has 0 unspecified atom stereocenters. The van der Waals surface area contributed by atoms with Crippen LogP contribution in [0.5, 0.6) is 0 Å². The summed E-state index contributed by atoms with van der Waals surface area (Å²) in [6, 6.07) is 4.73. The van der Waals surface area contributed by atoms with Crippen LogP contribution in [0, 0.1) is 10.1 Å². The second-order valence-corrected chi connectivity index (χ2v) is 5.04. The third-order valence-corrected chi connectivity index (χ3v) is 3.54. The monoisotopic (exact) mass is 292 g/mol. The van der Waals surface area contributed by atoms with Gasteiger partial charge in [-0.15, -0.1) is 0 Å². The Morgan fingerprint density at radius 1 is 1.29 bits per heavy atom. The molecular weight excluding hydrogens is 272 g/mol. The van der Waals surface area contributed by atoms with Crippen molar-refractivity contribution < 1.29 is 9.72 Å². The summed E-state index contributed by atoms with van der Waals surface area (Å²) in [5.74, 6) is 0.138. The number of benzene rings is 1. The molecule has 1 saturated heterocycles. The first-order valence-corrected chi connectivity index (χ1v) is 7.09. The minimum Gasteiger partial charge on any atom is -0.388 e. The van der Waals surface area contributed by atoms with E-state index in [1.54, 1.807) is 13.1 Å². The van der Waals surface area contributed by atoms with Gasteiger partial charge < -0.3 is 15.5 Å². The summed E-state index contributed by atoms with van der Waals surface area (Å²) in [5, 5.41) is 16.8. The van der Waals surface area contributed by atoms with E-state index in [4.69, 9.17) is 0 Å². The Morgan fingerprint density at radius 3 is 2.57 bits per heavy atom. The molecule has 0 bridgehead atoms. The summed E-state index contributed by atoms with van der Waals surface area (Å²) >= 11 is 0. The van der Waals surface area contributed by atoms with E-state index in [-0.39, 0.29) is 11.6 Å². The molecule has 2 rings (SSSR count). The minimum absolute atomic E-state index is 0.0234. The summed E-state index contributed by atoms with van der Waals surface area (Å²) in [4.78, 5) is 24.2. The second-order valence-electron chi connectivity index (χ2n) is 5.04. The predicted octanol–water partition coefficient (Wildman–Crippen LogP) is 2.06. The number of nitro groups is 1. The molecule has 1 aromatic rings. The lowest BCUT2D eigenvalue weighted by Crippen LogP contribution is -2.29. The van der Waals surface area contributed by atoms with Crippen molar-refractivity contribution in [3.63, 3.8) is 0 Å². The number of nitrogens with one attached hydrogen (secondary N) is 2. The highest BCUT2D eigenvalue weighted by Crippen LogP contribution is 2.24. The quantitative estimate of drug-likeness (QED) is 0.619. The third-order valence-electron chi connectivity index (χ3n) is 3.54. The van der Waals surface area contributed by atoms with Crippen LogP contribution < -0.4 is 10.6 Å². The molecule has 1 aliphatic rings. The maximum atomic E-state index is 11.9. The number of carbonyl (C=O) groups is 1. The Morgan fingerprint density at radius 2 is 1.95 bits per heavy atom. The Labute approximate surface area is 123 Å². The molecular formula is C14H20N4O3. The molecule has 1 heterocycles. The van der Waals surface area contributed by atoms with Gasteiger partial charge >= 0.3 is 0 Å². The smallest absolute Gasteiger partial charge is 0.273 e. The highest BCUT2D eigenvalue weighted by atomic mass is 16.6. The number of non-ortho nitro benzene ring substituents is 1. The summed E-state index contributed by atoms with van der Waals surface area (Å²) in [7, 11) is 1.71. The van der Waals surface area contributed by atoms with Crippen LogP contribution in [-0.4, -0.2) is 42.4 Å².